The van der Waals surface area contributed by atoms with Gasteiger partial charge in [0.05, 0.1) is 20.3 Å². The molecule has 0 bridgehead atoms. The lowest BCUT2D eigenvalue weighted by Gasteiger charge is -2.33. The molecule has 3 N–H and O–H groups in total. The molecule has 9 heteroatoms. The second-order valence-electron chi connectivity index (χ2n) is 9.58. The topological polar surface area (TPSA) is 100 Å². The second kappa shape index (κ2) is 13.5. The maximum atomic E-state index is 13.7. The van der Waals surface area contributed by atoms with E-state index < -0.39 is 6.04 Å². The van der Waals surface area contributed by atoms with Gasteiger partial charge in [-0.15, -0.1) is 0 Å². The molecule has 9 nitrogen and oxygen atoms in total. The van der Waals surface area contributed by atoms with E-state index in [-0.39, 0.29) is 17.9 Å². The third kappa shape index (κ3) is 7.29. The molecule has 4 rings (SSSR count). The Morgan fingerprint density at radius 2 is 1.92 bits per heavy atom. The minimum Gasteiger partial charge on any atom is -0.497 e. The number of nitrogens with two attached hydrogens (primary N) is 1. The number of hydrogen-bond acceptors (Lipinski definition) is 7. The lowest BCUT2D eigenvalue weighted by atomic mass is 10.1. The van der Waals surface area contributed by atoms with Crippen LogP contribution < -0.4 is 15.8 Å². The van der Waals surface area contributed by atoms with Gasteiger partial charge in [-0.2, -0.15) is 0 Å². The van der Waals surface area contributed by atoms with E-state index in [1.807, 2.05) is 24.3 Å². The Kier molecular flexibility index (Phi) is 9.90. The summed E-state index contributed by atoms with van der Waals surface area (Å²) < 4.78 is 10.8. The zero-order chi connectivity index (χ0) is 26.0. The number of methoxy groups -OCH3 is 1. The van der Waals surface area contributed by atoms with Crippen LogP contribution in [0, 0.1) is 0 Å². The summed E-state index contributed by atoms with van der Waals surface area (Å²) >= 11 is 0. The zero-order valence-electron chi connectivity index (χ0n) is 21.7. The molecule has 2 saturated heterocycles. The summed E-state index contributed by atoms with van der Waals surface area (Å²) in [5.74, 6) is 0.293. The molecule has 0 radical (unpaired) electrons. The molecule has 2 amide bonds. The van der Waals surface area contributed by atoms with Crippen LogP contribution in [0.5, 0.6) is 5.75 Å². The number of benzene rings is 2. The fourth-order valence-corrected chi connectivity index (χ4v) is 5.09. The maximum absolute atomic E-state index is 13.7. The van der Waals surface area contributed by atoms with E-state index in [0.29, 0.717) is 37.4 Å². The van der Waals surface area contributed by atoms with Crippen LogP contribution >= 0.6 is 0 Å². The van der Waals surface area contributed by atoms with Gasteiger partial charge in [0.15, 0.2) is 0 Å². The summed E-state index contributed by atoms with van der Waals surface area (Å²) in [4.78, 5) is 33.4. The Balaban J connectivity index is 1.55. The van der Waals surface area contributed by atoms with Crippen LogP contribution in [0.15, 0.2) is 54.6 Å². The molecule has 0 spiro atoms. The monoisotopic (exact) mass is 509 g/mol. The number of nitrogens with zero attached hydrogens (tertiary/aromatic N) is 3. The van der Waals surface area contributed by atoms with E-state index in [1.54, 1.807) is 30.2 Å². The number of morpholine rings is 1. The number of hydrogen-bond donors (Lipinski definition) is 2. The van der Waals surface area contributed by atoms with Crippen molar-refractivity contribution in [3.05, 3.63) is 65.7 Å². The number of amides is 2. The summed E-state index contributed by atoms with van der Waals surface area (Å²) in [6, 6.07) is 17.0. The van der Waals surface area contributed by atoms with Crippen molar-refractivity contribution >= 4 is 11.8 Å². The van der Waals surface area contributed by atoms with Crippen LogP contribution in [-0.4, -0.2) is 105 Å². The number of likely N-dealkylation sites (tertiary alicyclic amines) is 1. The van der Waals surface area contributed by atoms with Crippen LogP contribution in [0.4, 0.5) is 0 Å². The van der Waals surface area contributed by atoms with Crippen LogP contribution in [0.25, 0.3) is 0 Å². The Bertz CT molecular complexity index is 1010. The van der Waals surface area contributed by atoms with Crippen LogP contribution in [0.3, 0.4) is 0 Å². The lowest BCUT2D eigenvalue weighted by Crippen LogP contribution is -2.47. The van der Waals surface area contributed by atoms with Crippen LogP contribution in [0.1, 0.15) is 22.3 Å². The Hall–Kier alpha value is -2.98. The van der Waals surface area contributed by atoms with Gasteiger partial charge in [-0.3, -0.25) is 19.4 Å². The molecular weight excluding hydrogens is 470 g/mol. The van der Waals surface area contributed by atoms with E-state index in [1.165, 1.54) is 5.56 Å². The highest BCUT2D eigenvalue weighted by Gasteiger charge is 2.42. The van der Waals surface area contributed by atoms with Crippen LogP contribution in [-0.2, 0) is 16.1 Å². The van der Waals surface area contributed by atoms with E-state index in [2.05, 4.69) is 27.2 Å². The smallest absolute Gasteiger partial charge is 0.254 e. The number of ether oxygens (including phenoxy) is 2. The molecule has 0 saturated carbocycles. The summed E-state index contributed by atoms with van der Waals surface area (Å²) in [6.45, 7) is 7.10. The van der Waals surface area contributed by atoms with Gasteiger partial charge in [0, 0.05) is 64.0 Å². The Morgan fingerprint density at radius 3 is 2.65 bits per heavy atom. The van der Waals surface area contributed by atoms with E-state index >= 15 is 0 Å². The molecular formula is C28H39N5O4. The SMILES string of the molecule is COc1cccc(C(=O)N2CC(N(CCN3CCOCC3)Cc3ccccc3)CC2C(=O)NCCN)c1. The first-order valence-corrected chi connectivity index (χ1v) is 13.1. The minimum absolute atomic E-state index is 0.0458. The third-order valence-corrected chi connectivity index (χ3v) is 7.15. The highest BCUT2D eigenvalue weighted by atomic mass is 16.5. The van der Waals surface area contributed by atoms with Gasteiger partial charge in [-0.05, 0) is 30.2 Å². The lowest BCUT2D eigenvalue weighted by molar-refractivity contribution is -0.124. The van der Waals surface area contributed by atoms with Gasteiger partial charge < -0.3 is 25.4 Å². The average molecular weight is 510 g/mol. The van der Waals surface area contributed by atoms with E-state index in [4.69, 9.17) is 15.2 Å². The van der Waals surface area contributed by atoms with Crippen molar-refractivity contribution < 1.29 is 19.1 Å². The van der Waals surface area contributed by atoms with Crippen molar-refractivity contribution in [1.29, 1.82) is 0 Å². The molecule has 0 aromatic heterocycles. The molecule has 2 aliphatic heterocycles. The van der Waals surface area contributed by atoms with Crippen LogP contribution in [0.2, 0.25) is 0 Å². The summed E-state index contributed by atoms with van der Waals surface area (Å²) in [6.07, 6.45) is 0.571. The quantitative estimate of drug-likeness (QED) is 0.469. The molecule has 2 aromatic rings. The molecule has 2 atom stereocenters. The molecule has 2 unspecified atom stereocenters. The van der Waals surface area contributed by atoms with Crippen molar-refractivity contribution in [3.63, 3.8) is 0 Å². The first-order chi connectivity index (χ1) is 18.1. The summed E-state index contributed by atoms with van der Waals surface area (Å²) in [5, 5.41) is 2.90. The molecule has 0 aliphatic carbocycles. The van der Waals surface area contributed by atoms with Gasteiger partial charge in [0.2, 0.25) is 5.91 Å². The predicted octanol–water partition coefficient (Wildman–Crippen LogP) is 1.19. The van der Waals surface area contributed by atoms with Gasteiger partial charge in [-0.1, -0.05) is 36.4 Å². The van der Waals surface area contributed by atoms with Crippen molar-refractivity contribution in [2.75, 3.05) is 66.1 Å². The van der Waals surface area contributed by atoms with Crippen molar-refractivity contribution in [2.45, 2.75) is 25.0 Å². The number of carbonyl (C=O) groups excluding carboxylic acids is 2. The second-order valence-corrected chi connectivity index (χ2v) is 9.58. The third-order valence-electron chi connectivity index (χ3n) is 7.15. The normalized spacial score (nSPS) is 20.2. The van der Waals surface area contributed by atoms with E-state index in [0.717, 1.165) is 45.9 Å². The van der Waals surface area contributed by atoms with E-state index in [9.17, 15) is 9.59 Å². The van der Waals surface area contributed by atoms with Gasteiger partial charge in [0.1, 0.15) is 11.8 Å². The predicted molar refractivity (Wildman–Crippen MR) is 142 cm³/mol. The molecule has 2 heterocycles. The molecule has 2 fully saturated rings. The van der Waals surface area contributed by atoms with Gasteiger partial charge >= 0.3 is 0 Å². The first-order valence-electron chi connectivity index (χ1n) is 13.1. The maximum Gasteiger partial charge on any atom is 0.254 e. The highest BCUT2D eigenvalue weighted by Crippen LogP contribution is 2.27. The summed E-state index contributed by atoms with van der Waals surface area (Å²) in [5.41, 5.74) is 7.36. The van der Waals surface area contributed by atoms with Gasteiger partial charge in [-0.25, -0.2) is 0 Å². The Morgan fingerprint density at radius 1 is 1.14 bits per heavy atom. The van der Waals surface area contributed by atoms with Gasteiger partial charge in [0.25, 0.3) is 5.91 Å². The molecule has 37 heavy (non-hydrogen) atoms. The number of carbonyl (C=O) groups is 2. The zero-order valence-corrected chi connectivity index (χ0v) is 21.7. The Labute approximate surface area is 219 Å². The summed E-state index contributed by atoms with van der Waals surface area (Å²) in [7, 11) is 1.58. The fourth-order valence-electron chi connectivity index (χ4n) is 5.09. The average Bonchev–Trinajstić information content (AvgIpc) is 3.40. The fraction of sp³-hybridized carbons (Fsp3) is 0.500. The van der Waals surface area contributed by atoms with Crippen molar-refractivity contribution in [1.82, 2.24) is 20.0 Å². The molecule has 2 aliphatic rings. The molecule has 2 aromatic carbocycles. The number of rotatable bonds is 11. The van der Waals surface area contributed by atoms with Crippen molar-refractivity contribution in [3.8, 4) is 5.75 Å². The largest absolute Gasteiger partial charge is 0.497 e. The van der Waals surface area contributed by atoms with Crippen molar-refractivity contribution in [2.24, 2.45) is 5.73 Å². The molecule has 200 valence electrons. The number of nitrogens with one attached hydrogen (secondary N) is 1. The highest BCUT2D eigenvalue weighted by molar-refractivity contribution is 5.98. The minimum atomic E-state index is -0.558. The standard InChI is InChI=1S/C28H39N5O4/c1-36-25-9-5-8-23(18-25)28(35)33-21-24(19-26(33)27(34)30-11-10-29)32(20-22-6-3-2-4-7-22)13-12-31-14-16-37-17-15-31/h2-9,18,24,26H,10-17,19-21,29H2,1H3,(H,30,34). The first kappa shape index (κ1) is 27.1.